The molecule has 3 rings (SSSR count). The Morgan fingerprint density at radius 2 is 1.85 bits per heavy atom. The molecule has 1 atom stereocenters. The number of hydrogen-bond acceptors (Lipinski definition) is 6. The number of hydrogen-bond donors (Lipinski definition) is 1. The summed E-state index contributed by atoms with van der Waals surface area (Å²) in [5, 5.41) is 11.4. The van der Waals surface area contributed by atoms with Crippen LogP contribution in [-0.4, -0.2) is 59.4 Å². The van der Waals surface area contributed by atoms with Crippen molar-refractivity contribution >= 4 is 17.4 Å². The average Bonchev–Trinajstić information content (AvgIpc) is 3.41. The molecule has 7 heteroatoms. The molecular formula is C27H36N2O5. The monoisotopic (exact) mass is 468 g/mol. The van der Waals surface area contributed by atoms with Crippen LogP contribution >= 0.6 is 0 Å². The number of likely N-dealkylation sites (N-methyl/N-ethyl adjacent to an activating group) is 1. The minimum Gasteiger partial charge on any atom is -0.507 e. The summed E-state index contributed by atoms with van der Waals surface area (Å²) in [6.45, 7) is 15.4. The Bertz CT molecular complexity index is 1050. The number of amides is 1. The molecule has 0 bridgehead atoms. The first-order valence-electron chi connectivity index (χ1n) is 12.0. The van der Waals surface area contributed by atoms with Crippen molar-refractivity contribution in [3.05, 3.63) is 59.1 Å². The second-order valence-electron chi connectivity index (χ2n) is 9.43. The molecule has 7 nitrogen and oxygen atoms in total. The first kappa shape index (κ1) is 25.6. The van der Waals surface area contributed by atoms with Gasteiger partial charge in [0.15, 0.2) is 0 Å². The predicted molar refractivity (Wildman–Crippen MR) is 132 cm³/mol. The van der Waals surface area contributed by atoms with Gasteiger partial charge in [-0.05, 0) is 55.8 Å². The van der Waals surface area contributed by atoms with Crippen molar-refractivity contribution in [1.29, 1.82) is 0 Å². The van der Waals surface area contributed by atoms with Crippen LogP contribution in [-0.2, 0) is 15.0 Å². The second-order valence-corrected chi connectivity index (χ2v) is 9.43. The van der Waals surface area contributed by atoms with Crippen molar-refractivity contribution in [2.45, 2.75) is 53.0 Å². The lowest BCUT2D eigenvalue weighted by Gasteiger charge is -2.27. The minimum atomic E-state index is -0.782. The number of likely N-dealkylation sites (tertiary alicyclic amines) is 1. The van der Waals surface area contributed by atoms with Gasteiger partial charge in [0.05, 0.1) is 18.4 Å². The van der Waals surface area contributed by atoms with E-state index in [2.05, 4.69) is 39.5 Å². The van der Waals surface area contributed by atoms with Crippen LogP contribution in [0.4, 0.5) is 0 Å². The highest BCUT2D eigenvalue weighted by Gasteiger charge is 2.47. The Labute approximate surface area is 202 Å². The van der Waals surface area contributed by atoms with Gasteiger partial charge in [-0.2, -0.15) is 0 Å². The van der Waals surface area contributed by atoms with Crippen molar-refractivity contribution in [1.82, 2.24) is 9.80 Å². The van der Waals surface area contributed by atoms with Crippen LogP contribution in [0.25, 0.3) is 5.76 Å². The van der Waals surface area contributed by atoms with Gasteiger partial charge in [-0.3, -0.25) is 9.59 Å². The van der Waals surface area contributed by atoms with Gasteiger partial charge in [0, 0.05) is 24.2 Å². The number of aliphatic hydroxyl groups excluding tert-OH is 1. The molecule has 1 aliphatic heterocycles. The SMILES string of the molecule is CCOc1ccc(/C(O)=C2/C(=O)C(=O)N(CCN(CC)CC)C2c2ccco2)cc1C(C)(C)C. The molecule has 2 aromatic rings. The van der Waals surface area contributed by atoms with E-state index in [4.69, 9.17) is 9.15 Å². The minimum absolute atomic E-state index is 0.0449. The van der Waals surface area contributed by atoms with Crippen LogP contribution in [0.15, 0.2) is 46.6 Å². The standard InChI is InChI=1S/C27H36N2O5/c1-7-28(8-2)14-15-29-23(21-11-10-16-34-21)22(25(31)26(29)32)24(30)18-12-13-20(33-9-3)19(17-18)27(4,5)6/h10-13,16-17,23,30H,7-9,14-15H2,1-6H3/b24-22-. The van der Waals surface area contributed by atoms with Crippen molar-refractivity contribution in [3.8, 4) is 5.75 Å². The molecule has 0 radical (unpaired) electrons. The Morgan fingerprint density at radius 3 is 2.41 bits per heavy atom. The Hall–Kier alpha value is -3.06. The molecule has 2 heterocycles. The van der Waals surface area contributed by atoms with Crippen LogP contribution in [0, 0.1) is 0 Å². The van der Waals surface area contributed by atoms with E-state index in [0.717, 1.165) is 24.4 Å². The summed E-state index contributed by atoms with van der Waals surface area (Å²) in [7, 11) is 0. The molecule has 1 saturated heterocycles. The molecule has 1 amide bonds. The van der Waals surface area contributed by atoms with Crippen LogP contribution < -0.4 is 4.74 Å². The largest absolute Gasteiger partial charge is 0.507 e. The number of Topliss-reactive ketones (excluding diaryl/α,β-unsaturated/α-hetero) is 1. The zero-order chi connectivity index (χ0) is 25.0. The zero-order valence-corrected chi connectivity index (χ0v) is 21.1. The van der Waals surface area contributed by atoms with Gasteiger partial charge >= 0.3 is 0 Å². The van der Waals surface area contributed by atoms with Gasteiger partial charge in [-0.1, -0.05) is 34.6 Å². The highest BCUT2D eigenvalue weighted by molar-refractivity contribution is 6.46. The summed E-state index contributed by atoms with van der Waals surface area (Å²) in [5.74, 6) is -0.364. The Morgan fingerprint density at radius 1 is 1.15 bits per heavy atom. The van der Waals surface area contributed by atoms with Crippen molar-refractivity contribution in [2.24, 2.45) is 0 Å². The topological polar surface area (TPSA) is 83.2 Å². The lowest BCUT2D eigenvalue weighted by Crippen LogP contribution is -2.37. The van der Waals surface area contributed by atoms with Gasteiger partial charge in [0.2, 0.25) is 0 Å². The molecule has 1 aliphatic rings. The number of ether oxygens (including phenoxy) is 1. The first-order valence-corrected chi connectivity index (χ1v) is 12.0. The van der Waals surface area contributed by atoms with Gasteiger partial charge in [-0.25, -0.2) is 0 Å². The van der Waals surface area contributed by atoms with Crippen LogP contribution in [0.2, 0.25) is 0 Å². The smallest absolute Gasteiger partial charge is 0.295 e. The summed E-state index contributed by atoms with van der Waals surface area (Å²) >= 11 is 0. The third-order valence-corrected chi connectivity index (χ3v) is 6.27. The van der Waals surface area contributed by atoms with Crippen molar-refractivity contribution < 1.29 is 23.8 Å². The third-order valence-electron chi connectivity index (χ3n) is 6.27. The highest BCUT2D eigenvalue weighted by Crippen LogP contribution is 2.41. The number of carbonyl (C=O) groups is 2. The molecule has 184 valence electrons. The van der Waals surface area contributed by atoms with E-state index in [1.54, 1.807) is 24.3 Å². The normalized spacial score (nSPS) is 18.2. The molecule has 1 fully saturated rings. The van der Waals surface area contributed by atoms with E-state index in [0.29, 0.717) is 31.0 Å². The quantitative estimate of drug-likeness (QED) is 0.325. The van der Waals surface area contributed by atoms with Crippen LogP contribution in [0.3, 0.4) is 0 Å². The maximum absolute atomic E-state index is 13.2. The predicted octanol–water partition coefficient (Wildman–Crippen LogP) is 4.74. The Balaban J connectivity index is 2.11. The summed E-state index contributed by atoms with van der Waals surface area (Å²) in [6.07, 6.45) is 1.51. The van der Waals surface area contributed by atoms with Gasteiger partial charge in [-0.15, -0.1) is 0 Å². The first-order chi connectivity index (χ1) is 16.1. The van der Waals surface area contributed by atoms with Gasteiger partial charge in [0.1, 0.15) is 23.3 Å². The number of furan rings is 1. The molecule has 0 spiro atoms. The van der Waals surface area contributed by atoms with E-state index in [1.165, 1.54) is 11.2 Å². The summed E-state index contributed by atoms with van der Waals surface area (Å²) in [4.78, 5) is 29.9. The number of rotatable bonds is 9. The molecule has 1 N–H and O–H groups in total. The molecule has 34 heavy (non-hydrogen) atoms. The number of benzene rings is 1. The maximum atomic E-state index is 13.2. The van der Waals surface area contributed by atoms with E-state index >= 15 is 0 Å². The van der Waals surface area contributed by atoms with Gasteiger partial charge in [0.25, 0.3) is 11.7 Å². The molecule has 0 aliphatic carbocycles. The number of ketones is 1. The Kier molecular flexibility index (Phi) is 7.87. The second kappa shape index (κ2) is 10.5. The molecular weight excluding hydrogens is 432 g/mol. The average molecular weight is 469 g/mol. The van der Waals surface area contributed by atoms with Crippen molar-refractivity contribution in [2.75, 3.05) is 32.8 Å². The fourth-order valence-corrected chi connectivity index (χ4v) is 4.34. The molecule has 1 aromatic carbocycles. The molecule has 1 aromatic heterocycles. The van der Waals surface area contributed by atoms with Crippen molar-refractivity contribution in [3.63, 3.8) is 0 Å². The van der Waals surface area contributed by atoms with Crippen LogP contribution in [0.1, 0.15) is 64.5 Å². The number of aliphatic hydroxyl groups is 1. The lowest BCUT2D eigenvalue weighted by molar-refractivity contribution is -0.140. The lowest BCUT2D eigenvalue weighted by atomic mass is 9.84. The fraction of sp³-hybridized carbons (Fsp3) is 0.481. The zero-order valence-electron chi connectivity index (χ0n) is 21.1. The summed E-state index contributed by atoms with van der Waals surface area (Å²) in [5.41, 5.74) is 1.16. The maximum Gasteiger partial charge on any atom is 0.295 e. The van der Waals surface area contributed by atoms with E-state index in [9.17, 15) is 14.7 Å². The summed E-state index contributed by atoms with van der Waals surface area (Å²) in [6, 6.07) is 8.02. The van der Waals surface area contributed by atoms with Crippen LogP contribution in [0.5, 0.6) is 5.75 Å². The number of nitrogens with zero attached hydrogens (tertiary/aromatic N) is 2. The number of carbonyl (C=O) groups excluding carboxylic acids is 2. The fourth-order valence-electron chi connectivity index (χ4n) is 4.34. The van der Waals surface area contributed by atoms with E-state index in [1.807, 2.05) is 13.0 Å². The summed E-state index contributed by atoms with van der Waals surface area (Å²) < 4.78 is 11.4. The molecule has 1 unspecified atom stereocenters. The van der Waals surface area contributed by atoms with Gasteiger partial charge < -0.3 is 24.1 Å². The highest BCUT2D eigenvalue weighted by atomic mass is 16.5. The third kappa shape index (κ3) is 5.04. The van der Waals surface area contributed by atoms with E-state index < -0.39 is 17.7 Å². The van der Waals surface area contributed by atoms with E-state index in [-0.39, 0.29) is 16.7 Å². The molecule has 0 saturated carbocycles.